The van der Waals surface area contributed by atoms with Crippen molar-refractivity contribution in [1.29, 1.82) is 0 Å². The number of nitrogens with zero attached hydrogens (tertiary/aromatic N) is 2. The molecule has 8 heteroatoms. The Morgan fingerprint density at radius 1 is 0.787 bits per heavy atom. The van der Waals surface area contributed by atoms with Gasteiger partial charge in [-0.1, -0.05) is 107 Å². The molecular weight excluding hydrogens is 621 g/mol. The number of carbonyl (C=O) groups excluding carboxylic acids is 2. The number of aromatic nitrogens is 1. The standard InChI is InChI=1S/C39H58N4O2S2/c1-2-3-4-5-6-7-8-9-10-11-12-13-14-15-16-17-18-23-38(44)40-28-33-46-47-34-29-41-39(45)24-21-22-36-25-26-37(42-35-36)27-32-43-30-19-20-31-43/h3-4,6-7,9-10,12-13,15-16,21-22,25-26,35H,2,5,8,11,14,17-20,23-24,27-34H2,1H3,(H,40,44)(H,41,45)/b4-3-,7-6-,10-9-,13-12-,16-15-,22-21+. The normalized spacial score (nSPS) is 14.3. The van der Waals surface area contributed by atoms with E-state index in [1.165, 1.54) is 25.9 Å². The molecule has 1 aliphatic heterocycles. The van der Waals surface area contributed by atoms with Gasteiger partial charge < -0.3 is 15.5 Å². The third-order valence-corrected chi connectivity index (χ3v) is 9.78. The second-order valence-corrected chi connectivity index (χ2v) is 14.1. The largest absolute Gasteiger partial charge is 0.355 e. The van der Waals surface area contributed by atoms with Gasteiger partial charge in [0, 0.05) is 62.3 Å². The highest BCUT2D eigenvalue weighted by Crippen LogP contribution is 2.19. The first-order valence-electron chi connectivity index (χ1n) is 17.5. The summed E-state index contributed by atoms with van der Waals surface area (Å²) in [5.41, 5.74) is 2.14. The van der Waals surface area contributed by atoms with Gasteiger partial charge in [0.2, 0.25) is 11.8 Å². The molecular formula is C39H58N4O2S2. The van der Waals surface area contributed by atoms with Crippen molar-refractivity contribution in [3.05, 3.63) is 96.4 Å². The molecule has 1 aliphatic rings. The minimum atomic E-state index is 0.0267. The Morgan fingerprint density at radius 3 is 1.98 bits per heavy atom. The van der Waals surface area contributed by atoms with Crippen LogP contribution < -0.4 is 10.6 Å². The number of allylic oxidation sites excluding steroid dienone is 10. The van der Waals surface area contributed by atoms with Gasteiger partial charge in [-0.3, -0.25) is 14.6 Å². The molecule has 1 saturated heterocycles. The van der Waals surface area contributed by atoms with E-state index < -0.39 is 0 Å². The van der Waals surface area contributed by atoms with Crippen LogP contribution in [0.4, 0.5) is 0 Å². The van der Waals surface area contributed by atoms with Crippen molar-refractivity contribution in [1.82, 2.24) is 20.5 Å². The average Bonchev–Trinajstić information content (AvgIpc) is 3.61. The first kappa shape index (κ1) is 40.4. The Bertz CT molecular complexity index is 1140. The zero-order valence-corrected chi connectivity index (χ0v) is 30.3. The van der Waals surface area contributed by atoms with E-state index in [4.69, 9.17) is 0 Å². The molecule has 0 spiro atoms. The Balaban J connectivity index is 1.35. The molecule has 0 aliphatic carbocycles. The molecule has 0 aromatic carbocycles. The Kier molecular flexibility index (Phi) is 25.2. The SMILES string of the molecule is CC/C=C\C/C=C\C/C=C\C/C=C\C/C=C\CCCC(=O)NCCSSCCNC(=O)C/C=C/c1ccc(CCN2CCCC2)nc1. The van der Waals surface area contributed by atoms with Gasteiger partial charge in [0.05, 0.1) is 0 Å². The van der Waals surface area contributed by atoms with Crippen molar-refractivity contribution in [2.75, 3.05) is 44.2 Å². The van der Waals surface area contributed by atoms with Crippen LogP contribution in [0.15, 0.2) is 85.2 Å². The Labute approximate surface area is 293 Å². The zero-order valence-electron chi connectivity index (χ0n) is 28.6. The molecule has 0 unspecified atom stereocenters. The fraction of sp³-hybridized carbons (Fsp3) is 0.513. The number of hydrogen-bond donors (Lipinski definition) is 2. The van der Waals surface area contributed by atoms with Gasteiger partial charge in [-0.2, -0.15) is 0 Å². The molecule has 6 nitrogen and oxygen atoms in total. The number of likely N-dealkylation sites (tertiary alicyclic amines) is 1. The maximum Gasteiger partial charge on any atom is 0.223 e. The molecule has 1 aromatic rings. The summed E-state index contributed by atoms with van der Waals surface area (Å²) in [7, 11) is 3.44. The van der Waals surface area contributed by atoms with Gasteiger partial charge in [-0.25, -0.2) is 0 Å². The van der Waals surface area contributed by atoms with E-state index in [1.54, 1.807) is 21.6 Å². The number of amides is 2. The fourth-order valence-electron chi connectivity index (χ4n) is 4.76. The first-order chi connectivity index (χ1) is 23.2. The van der Waals surface area contributed by atoms with E-state index in [0.717, 1.165) is 80.7 Å². The Morgan fingerprint density at radius 2 is 1.38 bits per heavy atom. The maximum absolute atomic E-state index is 12.1. The van der Waals surface area contributed by atoms with Crippen LogP contribution in [-0.2, 0) is 16.0 Å². The summed E-state index contributed by atoms with van der Waals surface area (Å²) >= 11 is 0. The summed E-state index contributed by atoms with van der Waals surface area (Å²) in [6, 6.07) is 4.16. The molecule has 2 N–H and O–H groups in total. The molecule has 1 aromatic heterocycles. The molecule has 0 bridgehead atoms. The highest BCUT2D eigenvalue weighted by Gasteiger charge is 2.11. The van der Waals surface area contributed by atoms with Crippen molar-refractivity contribution in [2.45, 2.75) is 84.0 Å². The molecule has 2 heterocycles. The molecule has 0 saturated carbocycles. The van der Waals surface area contributed by atoms with Gasteiger partial charge in [-0.05, 0) is 82.5 Å². The van der Waals surface area contributed by atoms with Gasteiger partial charge >= 0.3 is 0 Å². The predicted octanol–water partition coefficient (Wildman–Crippen LogP) is 8.66. The molecule has 2 amide bonds. The molecule has 47 heavy (non-hydrogen) atoms. The van der Waals surface area contributed by atoms with Crippen LogP contribution in [-0.4, -0.2) is 65.9 Å². The minimum absolute atomic E-state index is 0.0267. The van der Waals surface area contributed by atoms with Gasteiger partial charge in [-0.15, -0.1) is 0 Å². The predicted molar refractivity (Wildman–Crippen MR) is 207 cm³/mol. The summed E-state index contributed by atoms with van der Waals surface area (Å²) in [4.78, 5) is 31.2. The van der Waals surface area contributed by atoms with E-state index in [-0.39, 0.29) is 11.8 Å². The summed E-state index contributed by atoms with van der Waals surface area (Å²) < 4.78 is 0. The van der Waals surface area contributed by atoms with E-state index in [9.17, 15) is 9.59 Å². The van der Waals surface area contributed by atoms with Gasteiger partial charge in [0.15, 0.2) is 0 Å². The highest BCUT2D eigenvalue weighted by molar-refractivity contribution is 8.76. The topological polar surface area (TPSA) is 74.3 Å². The van der Waals surface area contributed by atoms with Crippen LogP contribution in [0.2, 0.25) is 0 Å². The smallest absolute Gasteiger partial charge is 0.223 e. The van der Waals surface area contributed by atoms with E-state index in [0.29, 0.717) is 25.9 Å². The van der Waals surface area contributed by atoms with Crippen molar-refractivity contribution >= 4 is 39.5 Å². The molecule has 258 valence electrons. The monoisotopic (exact) mass is 678 g/mol. The lowest BCUT2D eigenvalue weighted by Gasteiger charge is -2.13. The van der Waals surface area contributed by atoms with Crippen molar-refractivity contribution in [3.63, 3.8) is 0 Å². The average molecular weight is 679 g/mol. The minimum Gasteiger partial charge on any atom is -0.355 e. The third kappa shape index (κ3) is 24.1. The number of unbranched alkanes of at least 4 members (excludes halogenated alkanes) is 1. The number of pyridine rings is 1. The van der Waals surface area contributed by atoms with Gasteiger partial charge in [0.1, 0.15) is 0 Å². The maximum atomic E-state index is 12.1. The molecule has 2 rings (SSSR count). The number of rotatable bonds is 26. The van der Waals surface area contributed by atoms with Crippen LogP contribution in [0.3, 0.4) is 0 Å². The van der Waals surface area contributed by atoms with Crippen molar-refractivity contribution in [2.24, 2.45) is 0 Å². The van der Waals surface area contributed by atoms with Crippen LogP contribution in [0, 0.1) is 0 Å². The van der Waals surface area contributed by atoms with E-state index in [2.05, 4.69) is 100 Å². The van der Waals surface area contributed by atoms with Crippen LogP contribution in [0.25, 0.3) is 6.08 Å². The third-order valence-electron chi connectivity index (χ3n) is 7.37. The second kappa shape index (κ2) is 29.3. The summed E-state index contributed by atoms with van der Waals surface area (Å²) in [5, 5.41) is 5.96. The summed E-state index contributed by atoms with van der Waals surface area (Å²) in [6.45, 7) is 6.98. The number of hydrogen-bond acceptors (Lipinski definition) is 6. The Hall–Kier alpha value is -2.81. The van der Waals surface area contributed by atoms with Crippen molar-refractivity contribution < 1.29 is 9.59 Å². The van der Waals surface area contributed by atoms with Gasteiger partial charge in [0.25, 0.3) is 0 Å². The van der Waals surface area contributed by atoms with Crippen molar-refractivity contribution in [3.8, 4) is 0 Å². The molecule has 0 atom stereocenters. The fourth-order valence-corrected chi connectivity index (χ4v) is 6.57. The van der Waals surface area contributed by atoms with Crippen LogP contribution in [0.5, 0.6) is 0 Å². The number of carbonyl (C=O) groups is 2. The lowest BCUT2D eigenvalue weighted by atomic mass is 10.2. The van der Waals surface area contributed by atoms with Crippen LogP contribution >= 0.6 is 21.6 Å². The van der Waals surface area contributed by atoms with E-state index >= 15 is 0 Å². The summed E-state index contributed by atoms with van der Waals surface area (Å²) in [6.07, 6.45) is 39.1. The highest BCUT2D eigenvalue weighted by atomic mass is 33.1. The molecule has 1 fully saturated rings. The quantitative estimate of drug-likeness (QED) is 0.0581. The van der Waals surface area contributed by atoms with Crippen LogP contribution in [0.1, 0.15) is 88.8 Å². The second-order valence-electron chi connectivity index (χ2n) is 11.4. The lowest BCUT2D eigenvalue weighted by molar-refractivity contribution is -0.121. The lowest BCUT2D eigenvalue weighted by Crippen LogP contribution is -2.25. The number of nitrogens with one attached hydrogen (secondary N) is 2. The molecule has 0 radical (unpaired) electrons. The van der Waals surface area contributed by atoms with E-state index in [1.807, 2.05) is 18.3 Å². The zero-order chi connectivity index (χ0) is 33.5. The summed E-state index contributed by atoms with van der Waals surface area (Å²) in [5.74, 6) is 1.84. The first-order valence-corrected chi connectivity index (χ1v) is 20.0.